The van der Waals surface area contributed by atoms with Crippen molar-refractivity contribution in [2.24, 2.45) is 0 Å². The van der Waals surface area contributed by atoms with Gasteiger partial charge in [-0.2, -0.15) is 0 Å². The first kappa shape index (κ1) is 9.00. The van der Waals surface area contributed by atoms with Gasteiger partial charge in [0.2, 0.25) is 0 Å². The molecule has 0 N–H and O–H groups in total. The zero-order chi connectivity index (χ0) is 8.10. The first-order valence-corrected chi connectivity index (χ1v) is 5.77. The van der Waals surface area contributed by atoms with Gasteiger partial charge in [0.15, 0.2) is 0 Å². The number of hydrogen-bond donors (Lipinski definition) is 0. The molecule has 1 rings (SSSR count). The average Bonchev–Trinajstić information content (AvgIpc) is 2.52. The molecule has 0 amide bonds. The van der Waals surface area contributed by atoms with E-state index in [1.165, 1.54) is 10.8 Å². The number of carbonyl (C=O) groups is 1. The minimum Gasteiger partial charge on any atom is -0.465 e. The summed E-state index contributed by atoms with van der Waals surface area (Å²) in [4.78, 5) is 11.1. The van der Waals surface area contributed by atoms with Crippen molar-refractivity contribution in [2.45, 2.75) is 18.6 Å². The fourth-order valence-electron chi connectivity index (χ4n) is 0.630. The molecule has 0 aromatic carbocycles. The fraction of sp³-hybridized carbons (Fsp3) is 0.571. The van der Waals surface area contributed by atoms with Crippen molar-refractivity contribution < 1.29 is 9.53 Å². The van der Waals surface area contributed by atoms with Crippen LogP contribution in [-0.2, 0) is 9.53 Å². The highest BCUT2D eigenvalue weighted by atomic mass is 33.1. The third-order valence-corrected chi connectivity index (χ3v) is 3.37. The molecule has 11 heavy (non-hydrogen) atoms. The maximum atomic E-state index is 11.1. The van der Waals surface area contributed by atoms with Gasteiger partial charge in [0, 0.05) is 0 Å². The Kier molecular flexibility index (Phi) is 3.86. The van der Waals surface area contributed by atoms with Gasteiger partial charge in [0.25, 0.3) is 0 Å². The van der Waals surface area contributed by atoms with E-state index in [-0.39, 0.29) is 11.2 Å². The number of hydrogen-bond acceptors (Lipinski definition) is 4. The van der Waals surface area contributed by atoms with E-state index in [0.29, 0.717) is 6.61 Å². The Morgan fingerprint density at radius 3 is 3.09 bits per heavy atom. The van der Waals surface area contributed by atoms with Gasteiger partial charge in [0.1, 0.15) is 5.25 Å². The Morgan fingerprint density at radius 2 is 2.55 bits per heavy atom. The predicted molar refractivity (Wildman–Crippen MR) is 49.4 cm³/mol. The monoisotopic (exact) mass is 190 g/mol. The van der Waals surface area contributed by atoms with Crippen molar-refractivity contribution in [1.29, 1.82) is 0 Å². The van der Waals surface area contributed by atoms with Crippen LogP contribution in [0.25, 0.3) is 0 Å². The fourth-order valence-corrected chi connectivity index (χ4v) is 2.60. The molecule has 62 valence electrons. The molecule has 0 spiro atoms. The first-order valence-electron chi connectivity index (χ1n) is 3.50. The minimum absolute atomic E-state index is 0.0773. The zero-order valence-corrected chi connectivity index (χ0v) is 7.91. The van der Waals surface area contributed by atoms with Crippen LogP contribution in [0.2, 0.25) is 0 Å². The molecule has 1 aliphatic heterocycles. The van der Waals surface area contributed by atoms with Crippen molar-refractivity contribution in [1.82, 2.24) is 0 Å². The van der Waals surface area contributed by atoms with Crippen LogP contribution in [0.15, 0.2) is 11.5 Å². The summed E-state index contributed by atoms with van der Waals surface area (Å²) >= 11 is 0. The summed E-state index contributed by atoms with van der Waals surface area (Å²) in [6, 6.07) is 0. The van der Waals surface area contributed by atoms with Crippen LogP contribution in [-0.4, -0.2) is 17.8 Å². The molecule has 0 bridgehead atoms. The van der Waals surface area contributed by atoms with E-state index in [9.17, 15) is 4.79 Å². The SMILES string of the molecule is CCCOC(=O)C1C=CSS1. The van der Waals surface area contributed by atoms with Crippen LogP contribution in [0.3, 0.4) is 0 Å². The third-order valence-electron chi connectivity index (χ3n) is 1.15. The van der Waals surface area contributed by atoms with E-state index in [0.717, 1.165) is 6.42 Å². The smallest absolute Gasteiger partial charge is 0.323 e. The molecular formula is C7H10O2S2. The number of esters is 1. The van der Waals surface area contributed by atoms with Gasteiger partial charge in [0.05, 0.1) is 6.61 Å². The molecule has 4 heteroatoms. The Bertz CT molecular complexity index is 168. The summed E-state index contributed by atoms with van der Waals surface area (Å²) in [5, 5.41) is 1.84. The van der Waals surface area contributed by atoms with E-state index < -0.39 is 0 Å². The van der Waals surface area contributed by atoms with Crippen molar-refractivity contribution in [3.63, 3.8) is 0 Å². The Hall–Kier alpha value is -0.0900. The summed E-state index contributed by atoms with van der Waals surface area (Å²) in [6.45, 7) is 2.52. The Labute approximate surface area is 74.2 Å². The largest absolute Gasteiger partial charge is 0.465 e. The minimum atomic E-state index is -0.113. The molecule has 0 aliphatic carbocycles. The van der Waals surface area contributed by atoms with Gasteiger partial charge < -0.3 is 4.74 Å². The Morgan fingerprint density at radius 1 is 1.73 bits per heavy atom. The molecule has 0 aromatic rings. The summed E-state index contributed by atoms with van der Waals surface area (Å²) in [7, 11) is 3.11. The summed E-state index contributed by atoms with van der Waals surface area (Å²) in [6.07, 6.45) is 2.76. The topological polar surface area (TPSA) is 26.3 Å². The lowest BCUT2D eigenvalue weighted by Gasteiger charge is -2.05. The maximum Gasteiger partial charge on any atom is 0.323 e. The van der Waals surface area contributed by atoms with E-state index in [4.69, 9.17) is 4.74 Å². The highest BCUT2D eigenvalue weighted by Gasteiger charge is 2.20. The molecule has 1 atom stereocenters. The van der Waals surface area contributed by atoms with Crippen LogP contribution in [0.1, 0.15) is 13.3 Å². The van der Waals surface area contributed by atoms with Crippen molar-refractivity contribution in [3.05, 3.63) is 11.5 Å². The lowest BCUT2D eigenvalue weighted by Crippen LogP contribution is -2.16. The van der Waals surface area contributed by atoms with Crippen LogP contribution in [0, 0.1) is 0 Å². The number of rotatable bonds is 3. The third kappa shape index (κ3) is 2.79. The second kappa shape index (κ2) is 4.72. The molecule has 0 aromatic heterocycles. The molecule has 0 saturated heterocycles. The highest BCUT2D eigenvalue weighted by Crippen LogP contribution is 2.35. The van der Waals surface area contributed by atoms with Crippen LogP contribution < -0.4 is 0 Å². The summed E-state index contributed by atoms with van der Waals surface area (Å²) in [5.74, 6) is -0.113. The maximum absolute atomic E-state index is 11.1. The van der Waals surface area contributed by atoms with E-state index >= 15 is 0 Å². The van der Waals surface area contributed by atoms with Crippen LogP contribution in [0.4, 0.5) is 0 Å². The van der Waals surface area contributed by atoms with Gasteiger partial charge in [-0.3, -0.25) is 4.79 Å². The average molecular weight is 190 g/mol. The van der Waals surface area contributed by atoms with Gasteiger partial charge in [-0.05, 0) is 11.8 Å². The standard InChI is InChI=1S/C7H10O2S2/c1-2-4-9-7(8)6-3-5-10-11-6/h3,5-6H,2,4H2,1H3. The summed E-state index contributed by atoms with van der Waals surface area (Å²) < 4.78 is 4.95. The number of carbonyl (C=O) groups excluding carboxylic acids is 1. The predicted octanol–water partition coefficient (Wildman–Crippen LogP) is 2.22. The molecular weight excluding hydrogens is 180 g/mol. The second-order valence-corrected chi connectivity index (χ2v) is 4.43. The first-order chi connectivity index (χ1) is 5.34. The van der Waals surface area contributed by atoms with Gasteiger partial charge >= 0.3 is 5.97 Å². The molecule has 0 saturated carbocycles. The van der Waals surface area contributed by atoms with Gasteiger partial charge in [-0.25, -0.2) is 0 Å². The summed E-state index contributed by atoms with van der Waals surface area (Å²) in [5.41, 5.74) is 0. The van der Waals surface area contributed by atoms with Crippen molar-refractivity contribution >= 4 is 27.6 Å². The second-order valence-electron chi connectivity index (χ2n) is 2.11. The van der Waals surface area contributed by atoms with Crippen molar-refractivity contribution in [3.8, 4) is 0 Å². The van der Waals surface area contributed by atoms with E-state index in [1.54, 1.807) is 10.8 Å². The van der Waals surface area contributed by atoms with Gasteiger partial charge in [-0.15, -0.1) is 0 Å². The van der Waals surface area contributed by atoms with E-state index in [1.807, 2.05) is 18.4 Å². The molecule has 1 aliphatic rings. The van der Waals surface area contributed by atoms with Gasteiger partial charge in [-0.1, -0.05) is 34.6 Å². The molecule has 0 fully saturated rings. The quantitative estimate of drug-likeness (QED) is 0.503. The molecule has 1 heterocycles. The highest BCUT2D eigenvalue weighted by molar-refractivity contribution is 8.78. The number of ether oxygens (including phenoxy) is 1. The van der Waals surface area contributed by atoms with Crippen molar-refractivity contribution in [2.75, 3.05) is 6.61 Å². The lowest BCUT2D eigenvalue weighted by molar-refractivity contribution is -0.141. The molecule has 2 nitrogen and oxygen atoms in total. The normalized spacial score (nSPS) is 22.1. The van der Waals surface area contributed by atoms with Crippen LogP contribution >= 0.6 is 21.6 Å². The molecule has 1 unspecified atom stereocenters. The van der Waals surface area contributed by atoms with E-state index in [2.05, 4.69) is 0 Å². The lowest BCUT2D eigenvalue weighted by atomic mass is 10.4. The van der Waals surface area contributed by atoms with Crippen LogP contribution in [0.5, 0.6) is 0 Å². The Balaban J connectivity index is 2.23. The zero-order valence-electron chi connectivity index (χ0n) is 6.28. The molecule has 0 radical (unpaired) electrons.